The minimum atomic E-state index is -3.50. The highest BCUT2D eigenvalue weighted by Crippen LogP contribution is 2.67. The van der Waals surface area contributed by atoms with Gasteiger partial charge in [-0.15, -0.1) is 0 Å². The van der Waals surface area contributed by atoms with Crippen LogP contribution < -0.4 is 4.74 Å². The monoisotopic (exact) mass is 505 g/mol. The van der Waals surface area contributed by atoms with Crippen molar-refractivity contribution in [1.29, 1.82) is 0 Å². The Morgan fingerprint density at radius 2 is 1.51 bits per heavy atom. The molecule has 0 amide bonds. The minimum Gasteiger partial charge on any atom is -0.504 e. The van der Waals surface area contributed by atoms with Crippen LogP contribution in [0.5, 0.6) is 17.2 Å². The van der Waals surface area contributed by atoms with E-state index in [2.05, 4.69) is 13.8 Å². The molecule has 35 heavy (non-hydrogen) atoms. The van der Waals surface area contributed by atoms with Gasteiger partial charge in [-0.2, -0.15) is 4.31 Å². The van der Waals surface area contributed by atoms with E-state index in [1.54, 1.807) is 6.07 Å². The number of aromatic hydroxyl groups is 2. The SMILES string of the molecule is CC1(C)C2CCC1(CS(=O)(=O)N(C1CCCCC1)C1CCCCC1)C(Oc1ccc(O)c(O)c1)C2. The summed E-state index contributed by atoms with van der Waals surface area (Å²) >= 11 is 0. The predicted molar refractivity (Wildman–Crippen MR) is 137 cm³/mol. The summed E-state index contributed by atoms with van der Waals surface area (Å²) in [5.41, 5.74) is -0.611. The van der Waals surface area contributed by atoms with E-state index in [0.717, 1.165) is 70.6 Å². The van der Waals surface area contributed by atoms with E-state index in [1.165, 1.54) is 25.0 Å². The van der Waals surface area contributed by atoms with Gasteiger partial charge >= 0.3 is 0 Å². The fraction of sp³-hybridized carbons (Fsp3) is 0.786. The lowest BCUT2D eigenvalue weighted by atomic mass is 9.69. The van der Waals surface area contributed by atoms with Crippen molar-refractivity contribution in [2.24, 2.45) is 16.7 Å². The molecule has 1 aromatic carbocycles. The standard InChI is InChI=1S/C28H43NO5S/c1-27(2)20-15-16-28(27,26(17-20)34-23-13-14-24(30)25(31)18-23)19-35(32,33)29(21-9-5-3-6-10-21)22-11-7-4-8-12-22/h13-14,18,20-22,26,30-31H,3-12,15-17,19H2,1-2H3. The highest BCUT2D eigenvalue weighted by Gasteiger charge is 2.67. The number of hydrogen-bond donors (Lipinski definition) is 2. The van der Waals surface area contributed by atoms with E-state index in [0.29, 0.717) is 11.7 Å². The van der Waals surface area contributed by atoms with E-state index in [1.807, 2.05) is 4.31 Å². The maximum atomic E-state index is 14.4. The molecule has 0 heterocycles. The second kappa shape index (κ2) is 9.44. The summed E-state index contributed by atoms with van der Waals surface area (Å²) in [6.45, 7) is 4.48. The van der Waals surface area contributed by atoms with Gasteiger partial charge in [0.1, 0.15) is 11.9 Å². The lowest BCUT2D eigenvalue weighted by Gasteiger charge is -2.46. The van der Waals surface area contributed by atoms with Gasteiger partial charge in [0.25, 0.3) is 0 Å². The molecule has 6 nitrogen and oxygen atoms in total. The quantitative estimate of drug-likeness (QED) is 0.446. The normalized spacial score (nSPS) is 31.7. The van der Waals surface area contributed by atoms with E-state index in [4.69, 9.17) is 4.74 Å². The molecule has 4 saturated carbocycles. The van der Waals surface area contributed by atoms with Crippen molar-refractivity contribution in [1.82, 2.24) is 4.31 Å². The van der Waals surface area contributed by atoms with Crippen molar-refractivity contribution in [3.8, 4) is 17.2 Å². The van der Waals surface area contributed by atoms with Crippen molar-refractivity contribution in [2.45, 2.75) is 116 Å². The zero-order valence-electron chi connectivity index (χ0n) is 21.4. The Kier molecular flexibility index (Phi) is 6.79. The highest BCUT2D eigenvalue weighted by molar-refractivity contribution is 7.89. The molecular formula is C28H43NO5S. The Morgan fingerprint density at radius 3 is 2.06 bits per heavy atom. The Balaban J connectivity index is 1.46. The molecule has 0 radical (unpaired) electrons. The molecule has 2 bridgehead atoms. The topological polar surface area (TPSA) is 87.1 Å². The summed E-state index contributed by atoms with van der Waals surface area (Å²) in [6.07, 6.45) is 13.4. The number of benzene rings is 1. The van der Waals surface area contributed by atoms with Crippen molar-refractivity contribution in [2.75, 3.05) is 5.75 Å². The summed E-state index contributed by atoms with van der Waals surface area (Å²) in [7, 11) is -3.50. The predicted octanol–water partition coefficient (Wildman–Crippen LogP) is 5.97. The summed E-state index contributed by atoms with van der Waals surface area (Å²) < 4.78 is 37.4. The lowest BCUT2D eigenvalue weighted by molar-refractivity contribution is 0.0307. The molecule has 0 spiro atoms. The number of hydrogen-bond acceptors (Lipinski definition) is 5. The number of phenolic OH excluding ortho intramolecular Hbond substituents is 2. The number of sulfonamides is 1. The van der Waals surface area contributed by atoms with E-state index in [9.17, 15) is 18.6 Å². The van der Waals surface area contributed by atoms with E-state index < -0.39 is 15.4 Å². The molecule has 5 rings (SSSR count). The van der Waals surface area contributed by atoms with Crippen LogP contribution >= 0.6 is 0 Å². The van der Waals surface area contributed by atoms with Gasteiger partial charge in [0.05, 0.1) is 5.75 Å². The van der Waals surface area contributed by atoms with Gasteiger partial charge in [-0.1, -0.05) is 52.4 Å². The van der Waals surface area contributed by atoms with Gasteiger partial charge in [-0.25, -0.2) is 8.42 Å². The molecule has 4 aliphatic carbocycles. The zero-order chi connectivity index (χ0) is 24.8. The first-order valence-electron chi connectivity index (χ1n) is 13.8. The highest BCUT2D eigenvalue weighted by atomic mass is 32.2. The van der Waals surface area contributed by atoms with Crippen LogP contribution in [0.25, 0.3) is 0 Å². The van der Waals surface area contributed by atoms with E-state index >= 15 is 0 Å². The molecule has 1 aromatic rings. The first-order chi connectivity index (χ1) is 16.6. The Morgan fingerprint density at radius 1 is 0.914 bits per heavy atom. The number of rotatable bonds is 7. The smallest absolute Gasteiger partial charge is 0.215 e. The average molecular weight is 506 g/mol. The number of fused-ring (bicyclic) bond motifs is 2. The van der Waals surface area contributed by atoms with Gasteiger partial charge in [-0.3, -0.25) is 0 Å². The Labute approximate surface area is 211 Å². The molecule has 4 aliphatic rings. The maximum Gasteiger partial charge on any atom is 0.215 e. The van der Waals surface area contributed by atoms with E-state index in [-0.39, 0.29) is 40.9 Å². The number of ether oxygens (including phenoxy) is 1. The van der Waals surface area contributed by atoms with Crippen LogP contribution in [0.4, 0.5) is 0 Å². The van der Waals surface area contributed by atoms with Crippen LogP contribution in [0, 0.1) is 16.7 Å². The average Bonchev–Trinajstić information content (AvgIpc) is 3.17. The van der Waals surface area contributed by atoms with Gasteiger partial charge in [-0.05, 0) is 68.4 Å². The third-order valence-corrected chi connectivity index (χ3v) is 12.3. The molecule has 0 saturated heterocycles. The van der Waals surface area contributed by atoms with Crippen LogP contribution in [0.2, 0.25) is 0 Å². The summed E-state index contributed by atoms with van der Waals surface area (Å²) in [4.78, 5) is 0. The second-order valence-electron chi connectivity index (χ2n) is 12.3. The molecule has 0 aliphatic heterocycles. The van der Waals surface area contributed by atoms with Crippen LogP contribution in [0.15, 0.2) is 18.2 Å². The van der Waals surface area contributed by atoms with Crippen molar-refractivity contribution >= 4 is 10.0 Å². The first kappa shape index (κ1) is 25.2. The van der Waals surface area contributed by atoms with Crippen LogP contribution in [-0.2, 0) is 10.0 Å². The van der Waals surface area contributed by atoms with Crippen LogP contribution in [-0.4, -0.2) is 46.9 Å². The molecule has 7 heteroatoms. The summed E-state index contributed by atoms with van der Waals surface area (Å²) in [5, 5.41) is 19.7. The number of phenols is 2. The summed E-state index contributed by atoms with van der Waals surface area (Å²) in [5.74, 6) is 0.657. The van der Waals surface area contributed by atoms with Crippen molar-refractivity contribution in [3.05, 3.63) is 18.2 Å². The van der Waals surface area contributed by atoms with Crippen molar-refractivity contribution in [3.63, 3.8) is 0 Å². The fourth-order valence-corrected chi connectivity index (χ4v) is 10.9. The minimum absolute atomic E-state index is 0.142. The van der Waals surface area contributed by atoms with Crippen LogP contribution in [0.1, 0.15) is 97.3 Å². The third-order valence-electron chi connectivity index (χ3n) is 10.2. The fourth-order valence-electron chi connectivity index (χ4n) is 8.07. The first-order valence-corrected chi connectivity index (χ1v) is 15.4. The molecule has 196 valence electrons. The molecule has 2 N–H and O–H groups in total. The largest absolute Gasteiger partial charge is 0.504 e. The molecule has 0 aromatic heterocycles. The van der Waals surface area contributed by atoms with Gasteiger partial charge in [0.2, 0.25) is 10.0 Å². The summed E-state index contributed by atoms with van der Waals surface area (Å²) in [6, 6.07) is 4.81. The molecular weight excluding hydrogens is 462 g/mol. The van der Waals surface area contributed by atoms with Gasteiger partial charge in [0.15, 0.2) is 11.5 Å². The maximum absolute atomic E-state index is 14.4. The molecule has 3 unspecified atom stereocenters. The Hall–Kier alpha value is -1.47. The zero-order valence-corrected chi connectivity index (χ0v) is 22.2. The molecule has 4 fully saturated rings. The van der Waals surface area contributed by atoms with Crippen LogP contribution in [0.3, 0.4) is 0 Å². The second-order valence-corrected chi connectivity index (χ2v) is 14.2. The van der Waals surface area contributed by atoms with Gasteiger partial charge < -0.3 is 14.9 Å². The van der Waals surface area contributed by atoms with Crippen molar-refractivity contribution < 1.29 is 23.4 Å². The van der Waals surface area contributed by atoms with Gasteiger partial charge in [0, 0.05) is 23.6 Å². The Bertz CT molecular complexity index is 994. The third kappa shape index (κ3) is 4.45. The number of nitrogens with zero attached hydrogens (tertiary/aromatic N) is 1. The lowest BCUT2D eigenvalue weighted by Crippen LogP contribution is -2.55. The molecule has 3 atom stereocenters.